The number of hydrogen-bond acceptors (Lipinski definition) is 2. The van der Waals surface area contributed by atoms with E-state index >= 15 is 0 Å². The lowest BCUT2D eigenvalue weighted by Crippen LogP contribution is -2.47. The van der Waals surface area contributed by atoms with Crippen LogP contribution < -0.4 is 10.6 Å². The zero-order valence-electron chi connectivity index (χ0n) is 10.1. The van der Waals surface area contributed by atoms with Crippen LogP contribution in [0.25, 0.3) is 0 Å². The maximum absolute atomic E-state index is 12.9. The number of aryl methyl sites for hydroxylation is 1. The minimum Gasteiger partial charge on any atom is -0.346 e. The fourth-order valence-electron chi connectivity index (χ4n) is 2.15. The minimum absolute atomic E-state index is 0.131. The quantitative estimate of drug-likeness (QED) is 0.819. The fraction of sp³-hybridized carbons (Fsp3) is 0.462. The number of halogens is 1. The molecule has 1 fully saturated rings. The second-order valence-electron chi connectivity index (χ2n) is 4.90. The van der Waals surface area contributed by atoms with Gasteiger partial charge in [-0.1, -0.05) is 0 Å². The summed E-state index contributed by atoms with van der Waals surface area (Å²) in [5.41, 5.74) is 1.01. The number of amides is 1. The van der Waals surface area contributed by atoms with Crippen LogP contribution in [0.15, 0.2) is 18.2 Å². The van der Waals surface area contributed by atoms with Crippen molar-refractivity contribution in [3.63, 3.8) is 0 Å². The summed E-state index contributed by atoms with van der Waals surface area (Å²) in [7, 11) is 0. The van der Waals surface area contributed by atoms with Gasteiger partial charge in [0.2, 0.25) is 0 Å². The van der Waals surface area contributed by atoms with Crippen molar-refractivity contribution in [3.8, 4) is 0 Å². The van der Waals surface area contributed by atoms with Crippen LogP contribution in [0.5, 0.6) is 0 Å². The van der Waals surface area contributed by atoms with Crippen LogP contribution >= 0.6 is 0 Å². The van der Waals surface area contributed by atoms with Crippen molar-refractivity contribution in [2.75, 3.05) is 13.1 Å². The van der Waals surface area contributed by atoms with Gasteiger partial charge in [0.25, 0.3) is 5.91 Å². The molecule has 3 nitrogen and oxygen atoms in total. The minimum atomic E-state index is -0.312. The molecule has 1 aromatic rings. The first-order chi connectivity index (χ1) is 8.00. The molecule has 1 aliphatic rings. The van der Waals surface area contributed by atoms with Crippen LogP contribution in [0.4, 0.5) is 4.39 Å². The summed E-state index contributed by atoms with van der Waals surface area (Å²) in [5, 5.41) is 6.23. The van der Waals surface area contributed by atoms with Crippen LogP contribution in [-0.4, -0.2) is 24.5 Å². The molecule has 0 aromatic heterocycles. The van der Waals surface area contributed by atoms with Gasteiger partial charge in [-0.3, -0.25) is 4.79 Å². The highest BCUT2D eigenvalue weighted by Gasteiger charge is 2.30. The van der Waals surface area contributed by atoms with Crippen LogP contribution in [-0.2, 0) is 0 Å². The standard InChI is InChI=1S/C13H17FN2O/c1-9-7-10(14)3-4-11(9)12(17)16-13(2)5-6-15-8-13/h3-4,7,15H,5-6,8H2,1-2H3,(H,16,17). The first kappa shape index (κ1) is 12.0. The first-order valence-electron chi connectivity index (χ1n) is 5.80. The lowest BCUT2D eigenvalue weighted by molar-refractivity contribution is 0.0912. The van der Waals surface area contributed by atoms with Crippen molar-refractivity contribution in [2.24, 2.45) is 0 Å². The Hall–Kier alpha value is -1.42. The molecule has 1 aromatic carbocycles. The lowest BCUT2D eigenvalue weighted by Gasteiger charge is -2.24. The largest absolute Gasteiger partial charge is 0.346 e. The average Bonchev–Trinajstić information content (AvgIpc) is 2.64. The Labute approximate surface area is 100 Å². The van der Waals surface area contributed by atoms with Crippen LogP contribution in [0.2, 0.25) is 0 Å². The molecule has 4 heteroatoms. The van der Waals surface area contributed by atoms with Crippen molar-refractivity contribution in [1.82, 2.24) is 10.6 Å². The third-order valence-electron chi connectivity index (χ3n) is 3.22. The second-order valence-corrected chi connectivity index (χ2v) is 4.90. The first-order valence-corrected chi connectivity index (χ1v) is 5.80. The summed E-state index contributed by atoms with van der Waals surface area (Å²) in [6.07, 6.45) is 0.916. The van der Waals surface area contributed by atoms with E-state index in [-0.39, 0.29) is 17.3 Å². The summed E-state index contributed by atoms with van der Waals surface area (Å²) in [6.45, 7) is 5.45. The number of carbonyl (C=O) groups excluding carboxylic acids is 1. The van der Waals surface area contributed by atoms with Gasteiger partial charge in [0.1, 0.15) is 5.82 Å². The van der Waals surface area contributed by atoms with E-state index in [4.69, 9.17) is 0 Å². The Morgan fingerprint density at radius 3 is 2.88 bits per heavy atom. The van der Waals surface area contributed by atoms with Crippen molar-refractivity contribution in [3.05, 3.63) is 35.1 Å². The number of hydrogen-bond donors (Lipinski definition) is 2. The molecule has 1 aliphatic heterocycles. The normalized spacial score (nSPS) is 23.7. The van der Waals surface area contributed by atoms with Crippen molar-refractivity contribution < 1.29 is 9.18 Å². The van der Waals surface area contributed by atoms with Gasteiger partial charge in [-0.2, -0.15) is 0 Å². The molecule has 92 valence electrons. The lowest BCUT2D eigenvalue weighted by atomic mass is 10.00. The summed E-state index contributed by atoms with van der Waals surface area (Å²) >= 11 is 0. The van der Waals surface area contributed by atoms with Crippen molar-refractivity contribution in [2.45, 2.75) is 25.8 Å². The molecule has 0 saturated carbocycles. The Balaban J connectivity index is 2.14. The SMILES string of the molecule is Cc1cc(F)ccc1C(=O)NC1(C)CCNC1. The van der Waals surface area contributed by atoms with Crippen molar-refractivity contribution in [1.29, 1.82) is 0 Å². The number of nitrogens with one attached hydrogen (secondary N) is 2. The third kappa shape index (κ3) is 2.64. The molecule has 17 heavy (non-hydrogen) atoms. The Kier molecular flexibility index (Phi) is 3.15. The van der Waals surface area contributed by atoms with Gasteiger partial charge < -0.3 is 10.6 Å². The molecule has 1 heterocycles. The zero-order valence-corrected chi connectivity index (χ0v) is 10.1. The van der Waals surface area contributed by atoms with Gasteiger partial charge in [-0.15, -0.1) is 0 Å². The molecule has 1 amide bonds. The molecule has 0 radical (unpaired) electrons. The van der Waals surface area contributed by atoms with E-state index in [2.05, 4.69) is 10.6 Å². The van der Waals surface area contributed by atoms with E-state index in [0.717, 1.165) is 19.5 Å². The summed E-state index contributed by atoms with van der Waals surface area (Å²) in [4.78, 5) is 12.1. The number of benzene rings is 1. The molecular formula is C13H17FN2O. The second kappa shape index (κ2) is 4.45. The molecule has 1 saturated heterocycles. The van der Waals surface area contributed by atoms with Crippen LogP contribution in [0.3, 0.4) is 0 Å². The fourth-order valence-corrected chi connectivity index (χ4v) is 2.15. The van der Waals surface area contributed by atoms with Gasteiger partial charge in [-0.05, 0) is 50.6 Å². The maximum Gasteiger partial charge on any atom is 0.252 e. The van der Waals surface area contributed by atoms with Gasteiger partial charge in [0.05, 0.1) is 5.54 Å². The van der Waals surface area contributed by atoms with Crippen molar-refractivity contribution >= 4 is 5.91 Å². The van der Waals surface area contributed by atoms with Crippen LogP contribution in [0, 0.1) is 12.7 Å². The molecule has 1 atom stereocenters. The molecule has 0 bridgehead atoms. The molecular weight excluding hydrogens is 219 g/mol. The zero-order chi connectivity index (χ0) is 12.5. The maximum atomic E-state index is 12.9. The van der Waals surface area contributed by atoms with E-state index in [1.54, 1.807) is 6.92 Å². The highest BCUT2D eigenvalue weighted by atomic mass is 19.1. The Bertz CT molecular complexity index is 439. The molecule has 2 N–H and O–H groups in total. The monoisotopic (exact) mass is 236 g/mol. The van der Waals surface area contributed by atoms with E-state index in [1.165, 1.54) is 18.2 Å². The Morgan fingerprint density at radius 1 is 1.53 bits per heavy atom. The summed E-state index contributed by atoms with van der Waals surface area (Å²) in [5.74, 6) is -0.443. The van der Waals surface area contributed by atoms with Gasteiger partial charge in [0.15, 0.2) is 0 Å². The number of rotatable bonds is 2. The smallest absolute Gasteiger partial charge is 0.252 e. The third-order valence-corrected chi connectivity index (χ3v) is 3.22. The predicted molar refractivity (Wildman–Crippen MR) is 64.5 cm³/mol. The van der Waals surface area contributed by atoms with Gasteiger partial charge in [-0.25, -0.2) is 4.39 Å². The topological polar surface area (TPSA) is 41.1 Å². The molecule has 1 unspecified atom stereocenters. The van der Waals surface area contributed by atoms with E-state index in [9.17, 15) is 9.18 Å². The van der Waals surface area contributed by atoms with E-state index < -0.39 is 0 Å². The van der Waals surface area contributed by atoms with Crippen LogP contribution in [0.1, 0.15) is 29.3 Å². The van der Waals surface area contributed by atoms with E-state index in [0.29, 0.717) is 11.1 Å². The van der Waals surface area contributed by atoms with E-state index in [1.807, 2.05) is 6.92 Å². The highest BCUT2D eigenvalue weighted by Crippen LogP contribution is 2.16. The van der Waals surface area contributed by atoms with Gasteiger partial charge >= 0.3 is 0 Å². The summed E-state index contributed by atoms with van der Waals surface area (Å²) < 4.78 is 12.9. The molecule has 0 spiro atoms. The average molecular weight is 236 g/mol. The Morgan fingerprint density at radius 2 is 2.29 bits per heavy atom. The highest BCUT2D eigenvalue weighted by molar-refractivity contribution is 5.96. The molecule has 2 rings (SSSR count). The summed E-state index contributed by atoms with van der Waals surface area (Å²) in [6, 6.07) is 4.23. The van der Waals surface area contributed by atoms with Gasteiger partial charge in [0, 0.05) is 12.1 Å². The predicted octanol–water partition coefficient (Wildman–Crippen LogP) is 1.62. The number of carbonyl (C=O) groups is 1. The molecule has 0 aliphatic carbocycles.